The molecule has 0 aliphatic carbocycles. The standard InChI is InChI=1S/C29H27N3O9S/c33-25(18-40-21-7-3-1-4-8-21)30-26-23-15-16-24(42(38,39)22-9-5-2-6-10-22)27(31(23)28(26)34)29(35)41-17-19-11-13-20(14-12-19)32(36)37/h1-14,23-24,26-27H,15-18H2,(H,30,33)/t23-,24-,26+,27-/m1/s1. The molecule has 0 aromatic heterocycles. The molecule has 13 heteroatoms. The molecule has 1 N–H and O–H groups in total. The number of ether oxygens (including phenoxy) is 2. The Kier molecular flexibility index (Phi) is 8.20. The van der Waals surface area contributed by atoms with Gasteiger partial charge in [-0.15, -0.1) is 0 Å². The third-order valence-electron chi connectivity index (χ3n) is 7.33. The first kappa shape index (κ1) is 28.7. The van der Waals surface area contributed by atoms with Crippen LogP contribution < -0.4 is 10.1 Å². The summed E-state index contributed by atoms with van der Waals surface area (Å²) in [4.78, 5) is 50.9. The molecule has 4 atom stereocenters. The van der Waals surface area contributed by atoms with Crippen molar-refractivity contribution in [2.45, 2.75) is 47.7 Å². The second-order valence-electron chi connectivity index (χ2n) is 9.91. The van der Waals surface area contributed by atoms with Gasteiger partial charge in [-0.05, 0) is 54.8 Å². The topological polar surface area (TPSA) is 162 Å². The van der Waals surface area contributed by atoms with Gasteiger partial charge in [0, 0.05) is 12.1 Å². The highest BCUT2D eigenvalue weighted by Crippen LogP contribution is 2.39. The number of nitrogens with zero attached hydrogens (tertiary/aromatic N) is 2. The number of amides is 2. The zero-order chi connectivity index (χ0) is 29.9. The predicted molar refractivity (Wildman–Crippen MR) is 148 cm³/mol. The van der Waals surface area contributed by atoms with Crippen molar-refractivity contribution < 1.29 is 37.2 Å². The first-order valence-corrected chi connectivity index (χ1v) is 14.7. The molecule has 0 radical (unpaired) electrons. The smallest absolute Gasteiger partial charge is 0.330 e. The number of nitro groups is 1. The second-order valence-corrected chi connectivity index (χ2v) is 12.1. The number of nitrogens with one attached hydrogen (secondary N) is 1. The minimum absolute atomic E-state index is 0.0116. The summed E-state index contributed by atoms with van der Waals surface area (Å²) < 4.78 is 38.2. The van der Waals surface area contributed by atoms with E-state index in [0.29, 0.717) is 11.3 Å². The molecule has 2 heterocycles. The quantitative estimate of drug-likeness (QED) is 0.161. The lowest BCUT2D eigenvalue weighted by atomic mass is 9.82. The zero-order valence-corrected chi connectivity index (χ0v) is 23.0. The number of carbonyl (C=O) groups excluding carboxylic acids is 3. The van der Waals surface area contributed by atoms with Gasteiger partial charge in [-0.2, -0.15) is 0 Å². The van der Waals surface area contributed by atoms with E-state index in [0.717, 1.165) is 0 Å². The van der Waals surface area contributed by atoms with E-state index in [2.05, 4.69) is 5.32 Å². The van der Waals surface area contributed by atoms with Gasteiger partial charge >= 0.3 is 5.97 Å². The number of hydrogen-bond acceptors (Lipinski definition) is 9. The first-order valence-electron chi connectivity index (χ1n) is 13.1. The molecule has 0 saturated carbocycles. The number of sulfone groups is 1. The summed E-state index contributed by atoms with van der Waals surface area (Å²) in [6.07, 6.45) is 0.287. The molecular weight excluding hydrogens is 566 g/mol. The minimum Gasteiger partial charge on any atom is -0.484 e. The molecular formula is C29H27N3O9S. The molecule has 0 bridgehead atoms. The van der Waals surface area contributed by atoms with Gasteiger partial charge in [0.25, 0.3) is 11.6 Å². The van der Waals surface area contributed by atoms with Gasteiger partial charge in [0.1, 0.15) is 24.4 Å². The maximum absolute atomic E-state index is 13.6. The van der Waals surface area contributed by atoms with Gasteiger partial charge in [-0.3, -0.25) is 19.7 Å². The minimum atomic E-state index is -4.06. The van der Waals surface area contributed by atoms with Crippen molar-refractivity contribution in [1.82, 2.24) is 10.2 Å². The molecule has 0 spiro atoms. The van der Waals surface area contributed by atoms with Crippen LogP contribution in [0.3, 0.4) is 0 Å². The number of rotatable bonds is 10. The lowest BCUT2D eigenvalue weighted by Gasteiger charge is -2.54. The zero-order valence-electron chi connectivity index (χ0n) is 22.2. The molecule has 42 heavy (non-hydrogen) atoms. The number of para-hydroxylation sites is 1. The van der Waals surface area contributed by atoms with Crippen LogP contribution in [0.25, 0.3) is 0 Å². The highest BCUT2D eigenvalue weighted by molar-refractivity contribution is 7.92. The summed E-state index contributed by atoms with van der Waals surface area (Å²) in [7, 11) is -4.06. The molecule has 2 fully saturated rings. The third-order valence-corrected chi connectivity index (χ3v) is 9.55. The number of non-ortho nitro benzene ring substituents is 1. The van der Waals surface area contributed by atoms with Crippen molar-refractivity contribution >= 4 is 33.3 Å². The molecule has 3 aromatic rings. The highest BCUT2D eigenvalue weighted by Gasteiger charge is 2.60. The fraction of sp³-hybridized carbons (Fsp3) is 0.276. The van der Waals surface area contributed by atoms with E-state index < -0.39 is 55.9 Å². The SMILES string of the molecule is O=C(COc1ccccc1)N[C@@H]1C(=O)N2[C@@H]1CC[C@@H](S(=O)(=O)c1ccccc1)[C@@H]2C(=O)OCc1ccc([N+](=O)[O-])cc1. The van der Waals surface area contributed by atoms with Gasteiger partial charge in [-0.25, -0.2) is 13.2 Å². The second kappa shape index (κ2) is 12.0. The Hall–Kier alpha value is -4.78. The molecule has 2 aliphatic rings. The van der Waals surface area contributed by atoms with Crippen LogP contribution in [-0.2, 0) is 35.6 Å². The van der Waals surface area contributed by atoms with Gasteiger partial charge in [-0.1, -0.05) is 36.4 Å². The number of hydrogen-bond donors (Lipinski definition) is 1. The molecule has 2 aliphatic heterocycles. The van der Waals surface area contributed by atoms with Crippen LogP contribution in [0, 0.1) is 10.1 Å². The number of esters is 1. The Morgan fingerprint density at radius 3 is 2.24 bits per heavy atom. The van der Waals surface area contributed by atoms with Crippen LogP contribution in [0.1, 0.15) is 18.4 Å². The van der Waals surface area contributed by atoms with Crippen molar-refractivity contribution in [2.75, 3.05) is 6.61 Å². The largest absolute Gasteiger partial charge is 0.484 e. The number of benzene rings is 3. The predicted octanol–water partition coefficient (Wildman–Crippen LogP) is 2.42. The Balaban J connectivity index is 1.33. The summed E-state index contributed by atoms with van der Waals surface area (Å²) in [6.45, 7) is -0.610. The average molecular weight is 594 g/mol. The molecule has 3 aromatic carbocycles. The van der Waals surface area contributed by atoms with Gasteiger partial charge in [0.05, 0.1) is 21.1 Å². The number of nitro benzene ring substituents is 1. The van der Waals surface area contributed by atoms with E-state index in [1.54, 1.807) is 48.5 Å². The maximum atomic E-state index is 13.6. The Bertz CT molecular complexity index is 1580. The molecule has 2 saturated heterocycles. The molecule has 0 unspecified atom stereocenters. The van der Waals surface area contributed by atoms with Crippen molar-refractivity contribution in [2.24, 2.45) is 0 Å². The normalized spacial score (nSPS) is 21.4. The van der Waals surface area contributed by atoms with Crippen LogP contribution in [0.15, 0.2) is 89.8 Å². The fourth-order valence-electron chi connectivity index (χ4n) is 5.26. The van der Waals surface area contributed by atoms with Crippen LogP contribution in [-0.4, -0.2) is 66.0 Å². The van der Waals surface area contributed by atoms with Gasteiger partial charge in [0.15, 0.2) is 16.4 Å². The Morgan fingerprint density at radius 1 is 0.952 bits per heavy atom. The summed E-state index contributed by atoms with van der Waals surface area (Å²) >= 11 is 0. The third kappa shape index (κ3) is 5.81. The Labute approximate surface area is 241 Å². The van der Waals surface area contributed by atoms with Crippen molar-refractivity contribution in [1.29, 1.82) is 0 Å². The molecule has 218 valence electrons. The van der Waals surface area contributed by atoms with Crippen molar-refractivity contribution in [3.63, 3.8) is 0 Å². The van der Waals surface area contributed by atoms with E-state index in [4.69, 9.17) is 9.47 Å². The molecule has 5 rings (SSSR count). The number of carbonyl (C=O) groups is 3. The van der Waals surface area contributed by atoms with Crippen LogP contribution in [0.4, 0.5) is 5.69 Å². The van der Waals surface area contributed by atoms with Crippen molar-refractivity contribution in [3.8, 4) is 5.75 Å². The van der Waals surface area contributed by atoms with E-state index in [-0.39, 0.29) is 36.6 Å². The van der Waals surface area contributed by atoms with Crippen LogP contribution in [0.2, 0.25) is 0 Å². The fourth-order valence-corrected chi connectivity index (χ4v) is 7.17. The van der Waals surface area contributed by atoms with Crippen LogP contribution in [0.5, 0.6) is 5.75 Å². The first-order chi connectivity index (χ1) is 20.2. The Morgan fingerprint density at radius 2 is 1.60 bits per heavy atom. The van der Waals surface area contributed by atoms with E-state index in [9.17, 15) is 32.9 Å². The average Bonchev–Trinajstić information content (AvgIpc) is 3.01. The number of piperidine rings is 1. The van der Waals surface area contributed by atoms with Gasteiger partial charge < -0.3 is 19.7 Å². The summed E-state index contributed by atoms with van der Waals surface area (Å²) in [5, 5.41) is 12.3. The summed E-state index contributed by atoms with van der Waals surface area (Å²) in [5.41, 5.74) is 0.310. The highest BCUT2D eigenvalue weighted by atomic mass is 32.2. The van der Waals surface area contributed by atoms with E-state index in [1.807, 2.05) is 0 Å². The number of β-lactam (4-membered cyclic amide) rings is 1. The van der Waals surface area contributed by atoms with Gasteiger partial charge in [0.2, 0.25) is 5.91 Å². The molecule has 2 amide bonds. The molecule has 12 nitrogen and oxygen atoms in total. The van der Waals surface area contributed by atoms with E-state index >= 15 is 0 Å². The van der Waals surface area contributed by atoms with Crippen LogP contribution >= 0.6 is 0 Å². The lowest BCUT2D eigenvalue weighted by Crippen LogP contribution is -2.78. The maximum Gasteiger partial charge on any atom is 0.330 e. The monoisotopic (exact) mass is 593 g/mol. The van der Waals surface area contributed by atoms with Crippen molar-refractivity contribution in [3.05, 3.63) is 101 Å². The lowest BCUT2D eigenvalue weighted by molar-refractivity contribution is -0.384. The summed E-state index contributed by atoms with van der Waals surface area (Å²) in [5.74, 6) is -1.57. The summed E-state index contributed by atoms with van der Waals surface area (Å²) in [6, 6.07) is 18.7. The number of fused-ring (bicyclic) bond motifs is 1. The van der Waals surface area contributed by atoms with E-state index in [1.165, 1.54) is 41.3 Å².